The largest absolute Gasteiger partial charge is 0.466 e. The third-order valence-corrected chi connectivity index (χ3v) is 2.98. The summed E-state index contributed by atoms with van der Waals surface area (Å²) in [6.45, 7) is 2.46. The van der Waals surface area contributed by atoms with Crippen LogP contribution in [-0.4, -0.2) is 25.0 Å². The molecule has 0 aromatic heterocycles. The van der Waals surface area contributed by atoms with Gasteiger partial charge < -0.3 is 10.1 Å². The van der Waals surface area contributed by atoms with Crippen molar-refractivity contribution in [3.63, 3.8) is 0 Å². The minimum Gasteiger partial charge on any atom is -0.466 e. The lowest BCUT2D eigenvalue weighted by Crippen LogP contribution is -2.26. The number of ether oxygens (including phenoxy) is 1. The molecule has 0 aliphatic carbocycles. The Labute approximate surface area is 121 Å². The van der Waals surface area contributed by atoms with Crippen LogP contribution in [0.15, 0.2) is 28.7 Å². The van der Waals surface area contributed by atoms with Crippen molar-refractivity contribution in [3.8, 4) is 0 Å². The lowest BCUT2D eigenvalue weighted by molar-refractivity contribution is -0.143. The second-order valence-electron chi connectivity index (χ2n) is 4.03. The summed E-state index contributed by atoms with van der Waals surface area (Å²) < 4.78 is 5.78. The van der Waals surface area contributed by atoms with Crippen LogP contribution >= 0.6 is 15.9 Å². The van der Waals surface area contributed by atoms with Crippen molar-refractivity contribution in [1.82, 2.24) is 5.32 Å². The minimum absolute atomic E-state index is 0.0516. The highest BCUT2D eigenvalue weighted by Gasteiger charge is 2.05. The molecule has 104 valence electrons. The molecule has 0 heterocycles. The van der Waals surface area contributed by atoms with Gasteiger partial charge in [0.05, 0.1) is 13.0 Å². The standard InChI is InChI=1S/C14H18BrNO3/c1-2-19-14(18)8-9-16-13(17)7-6-11-4-3-5-12(15)10-11/h3-5,10H,2,6-9H2,1H3,(H,16,17). The second kappa shape index (κ2) is 8.69. The van der Waals surface area contributed by atoms with Gasteiger partial charge in [-0.25, -0.2) is 0 Å². The van der Waals surface area contributed by atoms with Gasteiger partial charge in [-0.15, -0.1) is 0 Å². The van der Waals surface area contributed by atoms with Crippen LogP contribution in [0.3, 0.4) is 0 Å². The van der Waals surface area contributed by atoms with Gasteiger partial charge in [-0.05, 0) is 31.0 Å². The number of nitrogens with one attached hydrogen (secondary N) is 1. The first-order valence-corrected chi connectivity index (χ1v) is 7.08. The average Bonchev–Trinajstić information content (AvgIpc) is 2.37. The fourth-order valence-electron chi connectivity index (χ4n) is 1.58. The fraction of sp³-hybridized carbons (Fsp3) is 0.429. The molecule has 0 spiro atoms. The van der Waals surface area contributed by atoms with Crippen molar-refractivity contribution in [2.45, 2.75) is 26.2 Å². The molecule has 1 aromatic rings. The minimum atomic E-state index is -0.283. The van der Waals surface area contributed by atoms with Crippen LogP contribution in [-0.2, 0) is 20.7 Å². The number of hydrogen-bond acceptors (Lipinski definition) is 3. The Balaban J connectivity index is 2.19. The van der Waals surface area contributed by atoms with Crippen molar-refractivity contribution in [1.29, 1.82) is 0 Å². The van der Waals surface area contributed by atoms with E-state index in [-0.39, 0.29) is 18.3 Å². The summed E-state index contributed by atoms with van der Waals surface area (Å²) in [6, 6.07) is 7.86. The first-order chi connectivity index (χ1) is 9.11. The first-order valence-electron chi connectivity index (χ1n) is 6.28. The van der Waals surface area contributed by atoms with E-state index in [1.54, 1.807) is 6.92 Å². The fourth-order valence-corrected chi connectivity index (χ4v) is 2.02. The molecule has 19 heavy (non-hydrogen) atoms. The molecule has 0 saturated heterocycles. The highest BCUT2D eigenvalue weighted by Crippen LogP contribution is 2.12. The number of rotatable bonds is 7. The Kier molecular flexibility index (Phi) is 7.18. The van der Waals surface area contributed by atoms with Crippen molar-refractivity contribution >= 4 is 27.8 Å². The molecule has 1 rings (SSSR count). The van der Waals surface area contributed by atoms with Crippen LogP contribution in [0.1, 0.15) is 25.3 Å². The van der Waals surface area contributed by atoms with Crippen LogP contribution in [0, 0.1) is 0 Å². The van der Waals surface area contributed by atoms with E-state index in [2.05, 4.69) is 21.2 Å². The number of esters is 1. The van der Waals surface area contributed by atoms with Crippen LogP contribution in [0.2, 0.25) is 0 Å². The van der Waals surface area contributed by atoms with Crippen LogP contribution in [0.4, 0.5) is 0 Å². The smallest absolute Gasteiger partial charge is 0.307 e. The summed E-state index contributed by atoms with van der Waals surface area (Å²) in [5.74, 6) is -0.334. The monoisotopic (exact) mass is 327 g/mol. The van der Waals surface area contributed by atoms with E-state index in [0.29, 0.717) is 26.0 Å². The Morgan fingerprint density at radius 2 is 2.11 bits per heavy atom. The second-order valence-corrected chi connectivity index (χ2v) is 4.95. The molecule has 4 nitrogen and oxygen atoms in total. The Bertz CT molecular complexity index is 434. The van der Waals surface area contributed by atoms with Gasteiger partial charge in [0, 0.05) is 17.4 Å². The predicted octanol–water partition coefficient (Wildman–Crippen LogP) is 2.45. The first kappa shape index (κ1) is 15.7. The van der Waals surface area contributed by atoms with Gasteiger partial charge in [0.15, 0.2) is 0 Å². The average molecular weight is 328 g/mol. The predicted molar refractivity (Wildman–Crippen MR) is 76.7 cm³/mol. The van der Waals surface area contributed by atoms with Gasteiger partial charge in [0.2, 0.25) is 5.91 Å². The maximum atomic E-state index is 11.6. The van der Waals surface area contributed by atoms with Crippen molar-refractivity contribution in [2.75, 3.05) is 13.2 Å². The molecule has 0 saturated carbocycles. The quantitative estimate of drug-likeness (QED) is 0.782. The van der Waals surface area contributed by atoms with Crippen molar-refractivity contribution in [3.05, 3.63) is 34.3 Å². The molecule has 1 N–H and O–H groups in total. The summed E-state index contributed by atoms with van der Waals surface area (Å²) >= 11 is 3.39. The molecule has 0 unspecified atom stereocenters. The summed E-state index contributed by atoms with van der Waals surface area (Å²) in [5.41, 5.74) is 1.11. The van der Waals surface area contributed by atoms with E-state index in [1.807, 2.05) is 24.3 Å². The molecule has 1 amide bonds. The van der Waals surface area contributed by atoms with Crippen LogP contribution in [0.5, 0.6) is 0 Å². The van der Waals surface area contributed by atoms with E-state index in [4.69, 9.17) is 4.74 Å². The number of hydrogen-bond donors (Lipinski definition) is 1. The third-order valence-electron chi connectivity index (χ3n) is 2.49. The zero-order valence-electron chi connectivity index (χ0n) is 10.9. The van der Waals surface area contributed by atoms with E-state index >= 15 is 0 Å². The normalized spacial score (nSPS) is 10.0. The highest BCUT2D eigenvalue weighted by molar-refractivity contribution is 9.10. The number of aryl methyl sites for hydroxylation is 1. The summed E-state index contributed by atoms with van der Waals surface area (Å²) in [5, 5.41) is 2.71. The number of halogens is 1. The SMILES string of the molecule is CCOC(=O)CCNC(=O)CCc1cccc(Br)c1. The van der Waals surface area contributed by atoms with Gasteiger partial charge in [-0.3, -0.25) is 9.59 Å². The van der Waals surface area contributed by atoms with Crippen LogP contribution < -0.4 is 5.32 Å². The molecule has 5 heteroatoms. The van der Waals surface area contributed by atoms with E-state index in [1.165, 1.54) is 0 Å². The van der Waals surface area contributed by atoms with Gasteiger partial charge in [0.25, 0.3) is 0 Å². The van der Waals surface area contributed by atoms with E-state index < -0.39 is 0 Å². The number of benzene rings is 1. The lowest BCUT2D eigenvalue weighted by Gasteiger charge is -2.05. The highest BCUT2D eigenvalue weighted by atomic mass is 79.9. The number of amides is 1. The van der Waals surface area contributed by atoms with Gasteiger partial charge >= 0.3 is 5.97 Å². The maximum Gasteiger partial charge on any atom is 0.307 e. The molecule has 0 radical (unpaired) electrons. The molecule has 0 aliphatic heterocycles. The molecule has 0 aliphatic rings. The third kappa shape index (κ3) is 6.96. The topological polar surface area (TPSA) is 55.4 Å². The van der Waals surface area contributed by atoms with Gasteiger partial charge in [-0.2, -0.15) is 0 Å². The molecule has 0 bridgehead atoms. The van der Waals surface area contributed by atoms with Gasteiger partial charge in [0.1, 0.15) is 0 Å². The maximum absolute atomic E-state index is 11.6. The lowest BCUT2D eigenvalue weighted by atomic mass is 10.1. The van der Waals surface area contributed by atoms with Crippen LogP contribution in [0.25, 0.3) is 0 Å². The van der Waals surface area contributed by atoms with E-state index in [0.717, 1.165) is 10.0 Å². The Morgan fingerprint density at radius 1 is 1.32 bits per heavy atom. The zero-order valence-corrected chi connectivity index (χ0v) is 12.5. The molecule has 0 fully saturated rings. The number of carbonyl (C=O) groups excluding carboxylic acids is 2. The zero-order chi connectivity index (χ0) is 14.1. The number of carbonyl (C=O) groups is 2. The summed E-state index contributed by atoms with van der Waals surface area (Å²) in [4.78, 5) is 22.6. The molecular weight excluding hydrogens is 310 g/mol. The van der Waals surface area contributed by atoms with E-state index in [9.17, 15) is 9.59 Å². The Morgan fingerprint density at radius 3 is 2.79 bits per heavy atom. The Hall–Kier alpha value is -1.36. The summed E-state index contributed by atoms with van der Waals surface area (Å²) in [6.07, 6.45) is 1.32. The summed E-state index contributed by atoms with van der Waals surface area (Å²) in [7, 11) is 0. The van der Waals surface area contributed by atoms with Gasteiger partial charge in [-0.1, -0.05) is 28.1 Å². The van der Waals surface area contributed by atoms with Crippen molar-refractivity contribution in [2.24, 2.45) is 0 Å². The molecule has 1 aromatic carbocycles. The molecule has 0 atom stereocenters. The van der Waals surface area contributed by atoms with Crippen molar-refractivity contribution < 1.29 is 14.3 Å². The molecular formula is C14H18BrNO3.